The highest BCUT2D eigenvalue weighted by Crippen LogP contribution is 2.36. The third kappa shape index (κ3) is 6.27. The van der Waals surface area contributed by atoms with E-state index in [2.05, 4.69) is 39.2 Å². The largest absolute Gasteiger partial charge is 0.480 e. The van der Waals surface area contributed by atoms with E-state index in [1.54, 1.807) is 12.1 Å². The quantitative estimate of drug-likeness (QED) is 0.601. The van der Waals surface area contributed by atoms with Crippen LogP contribution in [0.5, 0.6) is 0 Å². The Kier molecular flexibility index (Phi) is 7.38. The van der Waals surface area contributed by atoms with Crippen LogP contribution in [0, 0.1) is 0 Å². The van der Waals surface area contributed by atoms with Gasteiger partial charge in [-0.25, -0.2) is 4.79 Å². The van der Waals surface area contributed by atoms with Crippen molar-refractivity contribution in [2.45, 2.75) is 51.4 Å². The maximum absolute atomic E-state index is 12.5. The van der Waals surface area contributed by atoms with E-state index in [9.17, 15) is 14.7 Å². The Morgan fingerprint density at radius 1 is 1.00 bits per heavy atom. The molecular weight excluding hydrogens is 382 g/mol. The molecule has 0 fully saturated rings. The van der Waals surface area contributed by atoms with Gasteiger partial charge in [0.15, 0.2) is 8.32 Å². The Labute approximate surface area is 174 Å². The van der Waals surface area contributed by atoms with Crippen molar-refractivity contribution in [3.05, 3.63) is 60.2 Å². The minimum Gasteiger partial charge on any atom is -0.480 e. The van der Waals surface area contributed by atoms with E-state index in [0.29, 0.717) is 12.2 Å². The van der Waals surface area contributed by atoms with Gasteiger partial charge in [0.2, 0.25) is 0 Å². The van der Waals surface area contributed by atoms with Gasteiger partial charge in [0.05, 0.1) is 0 Å². The molecule has 0 saturated carbocycles. The molecule has 156 valence electrons. The molecule has 6 heteroatoms. The standard InChI is InChI=1S/C23H31NO4Si/c1-23(2,3)29(4,5)28-16-15-20(22(26)27)24-21(25)19-13-11-18(12-14-19)17-9-7-6-8-10-17/h6-14,20H,15-16H2,1-5H3,(H,24,25)(H,26,27)/t20-/m0/s1. The van der Waals surface area contributed by atoms with E-state index < -0.39 is 26.2 Å². The predicted molar refractivity (Wildman–Crippen MR) is 119 cm³/mol. The van der Waals surface area contributed by atoms with Gasteiger partial charge in [-0.15, -0.1) is 0 Å². The van der Waals surface area contributed by atoms with Gasteiger partial charge in [0.25, 0.3) is 5.91 Å². The average molecular weight is 414 g/mol. The summed E-state index contributed by atoms with van der Waals surface area (Å²) in [5.74, 6) is -1.46. The van der Waals surface area contributed by atoms with Crippen molar-refractivity contribution >= 4 is 20.2 Å². The minimum absolute atomic E-state index is 0.0511. The first-order valence-corrected chi connectivity index (χ1v) is 12.8. The maximum Gasteiger partial charge on any atom is 0.326 e. The molecule has 2 rings (SSSR count). The van der Waals surface area contributed by atoms with E-state index in [-0.39, 0.29) is 11.5 Å². The first kappa shape index (κ1) is 22.8. The number of carboxylic acids is 1. The molecule has 2 N–H and O–H groups in total. The summed E-state index contributed by atoms with van der Waals surface area (Å²) in [7, 11) is -1.95. The summed E-state index contributed by atoms with van der Waals surface area (Å²) < 4.78 is 6.05. The average Bonchev–Trinajstić information content (AvgIpc) is 2.66. The molecule has 0 bridgehead atoms. The Morgan fingerprint density at radius 3 is 2.07 bits per heavy atom. The molecule has 1 atom stereocenters. The number of hydrogen-bond acceptors (Lipinski definition) is 3. The molecule has 2 aromatic carbocycles. The number of hydrogen-bond donors (Lipinski definition) is 2. The fraction of sp³-hybridized carbons (Fsp3) is 0.391. The number of benzene rings is 2. The Balaban J connectivity index is 1.98. The normalized spacial score (nSPS) is 13.0. The highest BCUT2D eigenvalue weighted by molar-refractivity contribution is 6.74. The van der Waals surface area contributed by atoms with Crippen LogP contribution in [-0.2, 0) is 9.22 Å². The summed E-state index contributed by atoms with van der Waals surface area (Å²) in [6.45, 7) is 10.9. The molecule has 0 heterocycles. The van der Waals surface area contributed by atoms with Gasteiger partial charge in [-0.1, -0.05) is 63.2 Å². The molecule has 0 aromatic heterocycles. The summed E-state index contributed by atoms with van der Waals surface area (Å²) in [4.78, 5) is 24.1. The van der Waals surface area contributed by atoms with Crippen LogP contribution in [0.25, 0.3) is 11.1 Å². The smallest absolute Gasteiger partial charge is 0.326 e. The van der Waals surface area contributed by atoms with Crippen LogP contribution in [0.15, 0.2) is 54.6 Å². The third-order valence-electron chi connectivity index (χ3n) is 5.53. The van der Waals surface area contributed by atoms with Crippen molar-refractivity contribution in [3.63, 3.8) is 0 Å². The number of rotatable bonds is 8. The second-order valence-electron chi connectivity index (χ2n) is 8.71. The second-order valence-corrected chi connectivity index (χ2v) is 13.5. The SMILES string of the molecule is CC(C)(C)[Si](C)(C)OCC[C@H](NC(=O)c1ccc(-c2ccccc2)cc1)C(=O)O. The van der Waals surface area contributed by atoms with E-state index in [4.69, 9.17) is 4.43 Å². The zero-order chi connectivity index (χ0) is 21.7. The summed E-state index contributed by atoms with van der Waals surface area (Å²) in [5.41, 5.74) is 2.49. The van der Waals surface area contributed by atoms with Crippen LogP contribution in [0.1, 0.15) is 37.6 Å². The van der Waals surface area contributed by atoms with Crippen LogP contribution < -0.4 is 5.32 Å². The molecule has 0 aliphatic carbocycles. The molecule has 0 spiro atoms. The van der Waals surface area contributed by atoms with Gasteiger partial charge in [-0.2, -0.15) is 0 Å². The first-order valence-electron chi connectivity index (χ1n) is 9.84. The van der Waals surface area contributed by atoms with Crippen molar-refractivity contribution in [1.82, 2.24) is 5.32 Å². The van der Waals surface area contributed by atoms with E-state index in [1.807, 2.05) is 42.5 Å². The molecule has 2 aromatic rings. The summed E-state index contributed by atoms with van der Waals surface area (Å²) >= 11 is 0. The van der Waals surface area contributed by atoms with Gasteiger partial charge in [-0.05, 0) is 41.4 Å². The van der Waals surface area contributed by atoms with Gasteiger partial charge < -0.3 is 14.8 Å². The lowest BCUT2D eigenvalue weighted by Crippen LogP contribution is -2.44. The van der Waals surface area contributed by atoms with Crippen LogP contribution in [-0.4, -0.2) is 37.9 Å². The van der Waals surface area contributed by atoms with Crippen molar-refractivity contribution in [2.75, 3.05) is 6.61 Å². The third-order valence-corrected chi connectivity index (χ3v) is 10.1. The minimum atomic E-state index is -1.95. The van der Waals surface area contributed by atoms with Crippen molar-refractivity contribution < 1.29 is 19.1 Å². The molecule has 0 radical (unpaired) electrons. The lowest BCUT2D eigenvalue weighted by Gasteiger charge is -2.36. The van der Waals surface area contributed by atoms with E-state index >= 15 is 0 Å². The van der Waals surface area contributed by atoms with Gasteiger partial charge >= 0.3 is 5.97 Å². The van der Waals surface area contributed by atoms with Crippen LogP contribution in [0.3, 0.4) is 0 Å². The highest BCUT2D eigenvalue weighted by Gasteiger charge is 2.37. The number of amides is 1. The molecule has 5 nitrogen and oxygen atoms in total. The lowest BCUT2D eigenvalue weighted by molar-refractivity contribution is -0.139. The summed E-state index contributed by atoms with van der Waals surface area (Å²) in [6, 6.07) is 16.0. The van der Waals surface area contributed by atoms with Gasteiger partial charge in [0.1, 0.15) is 6.04 Å². The van der Waals surface area contributed by atoms with E-state index in [1.165, 1.54) is 0 Å². The first-order chi connectivity index (χ1) is 13.5. The number of carbonyl (C=O) groups excluding carboxylic acids is 1. The predicted octanol–water partition coefficient (Wildman–Crippen LogP) is 4.95. The number of nitrogens with one attached hydrogen (secondary N) is 1. The number of aliphatic carboxylic acids is 1. The summed E-state index contributed by atoms with van der Waals surface area (Å²) in [6.07, 6.45) is 0.232. The van der Waals surface area contributed by atoms with Gasteiger partial charge in [-0.3, -0.25) is 4.79 Å². The number of carbonyl (C=O) groups is 2. The molecular formula is C23H31NO4Si. The topological polar surface area (TPSA) is 75.6 Å². The molecule has 29 heavy (non-hydrogen) atoms. The Bertz CT molecular complexity index is 826. The summed E-state index contributed by atoms with van der Waals surface area (Å²) in [5, 5.41) is 12.2. The van der Waals surface area contributed by atoms with Crippen molar-refractivity contribution in [2.24, 2.45) is 0 Å². The molecule has 0 unspecified atom stereocenters. The van der Waals surface area contributed by atoms with Crippen LogP contribution in [0.2, 0.25) is 18.1 Å². The van der Waals surface area contributed by atoms with Gasteiger partial charge in [0, 0.05) is 18.6 Å². The van der Waals surface area contributed by atoms with Crippen LogP contribution >= 0.6 is 0 Å². The lowest BCUT2D eigenvalue weighted by atomic mass is 10.0. The fourth-order valence-electron chi connectivity index (χ4n) is 2.59. The highest BCUT2D eigenvalue weighted by atomic mass is 28.4. The maximum atomic E-state index is 12.5. The monoisotopic (exact) mass is 413 g/mol. The zero-order valence-corrected chi connectivity index (χ0v) is 18.9. The Morgan fingerprint density at radius 2 is 1.55 bits per heavy atom. The molecule has 0 aliphatic rings. The van der Waals surface area contributed by atoms with E-state index in [0.717, 1.165) is 11.1 Å². The van der Waals surface area contributed by atoms with Crippen LogP contribution in [0.4, 0.5) is 0 Å². The molecule has 1 amide bonds. The number of carboxylic acid groups (broad SMARTS) is 1. The fourth-order valence-corrected chi connectivity index (χ4v) is 3.65. The van der Waals surface area contributed by atoms with Crippen molar-refractivity contribution in [1.29, 1.82) is 0 Å². The van der Waals surface area contributed by atoms with Crippen molar-refractivity contribution in [3.8, 4) is 11.1 Å². The molecule has 0 aliphatic heterocycles. The Hall–Kier alpha value is -2.44. The molecule has 0 saturated heterocycles. The second kappa shape index (κ2) is 9.37. The zero-order valence-electron chi connectivity index (χ0n) is 17.9.